The van der Waals surface area contributed by atoms with Crippen LogP contribution in [0.25, 0.3) is 0 Å². The maximum atomic E-state index is 11.3. The molecule has 88 valence electrons. The van der Waals surface area contributed by atoms with Crippen LogP contribution in [0.2, 0.25) is 0 Å². The van der Waals surface area contributed by atoms with Crippen molar-refractivity contribution in [3.05, 3.63) is 16.1 Å². The lowest BCUT2D eigenvalue weighted by atomic mass is 10.2. The van der Waals surface area contributed by atoms with Crippen molar-refractivity contribution in [3.63, 3.8) is 0 Å². The molecule has 0 saturated heterocycles. The third-order valence-corrected chi connectivity index (χ3v) is 2.81. The normalized spacial score (nSPS) is 10.1. The summed E-state index contributed by atoms with van der Waals surface area (Å²) in [5, 5.41) is 13.4. The van der Waals surface area contributed by atoms with Gasteiger partial charge in [-0.05, 0) is 6.42 Å². The summed E-state index contributed by atoms with van der Waals surface area (Å²) >= 11 is 1.24. The minimum atomic E-state index is -1.04. The van der Waals surface area contributed by atoms with E-state index in [0.29, 0.717) is 18.0 Å². The molecule has 16 heavy (non-hydrogen) atoms. The monoisotopic (exact) mass is 242 g/mol. The smallest absolute Gasteiger partial charge is 0.355 e. The Morgan fingerprint density at radius 1 is 1.56 bits per heavy atom. The zero-order chi connectivity index (χ0) is 12.0. The number of carboxylic acid groups (broad SMARTS) is 1. The Kier molecular flexibility index (Phi) is 4.91. The first-order valence-electron chi connectivity index (χ1n) is 5.08. The quantitative estimate of drug-likeness (QED) is 0.795. The molecule has 1 amide bonds. The fourth-order valence-electron chi connectivity index (χ4n) is 1.09. The lowest BCUT2D eigenvalue weighted by molar-refractivity contribution is -0.121. The summed E-state index contributed by atoms with van der Waals surface area (Å²) < 4.78 is 0. The second kappa shape index (κ2) is 6.22. The fourth-order valence-corrected chi connectivity index (χ4v) is 1.80. The van der Waals surface area contributed by atoms with Crippen LogP contribution < -0.4 is 5.32 Å². The lowest BCUT2D eigenvalue weighted by Crippen LogP contribution is -2.22. The Hall–Kier alpha value is -1.43. The molecule has 0 unspecified atom stereocenters. The van der Waals surface area contributed by atoms with Gasteiger partial charge in [0.15, 0.2) is 5.69 Å². The average Bonchev–Trinajstić information content (AvgIpc) is 2.72. The molecule has 0 fully saturated rings. The van der Waals surface area contributed by atoms with Crippen molar-refractivity contribution in [2.24, 2.45) is 0 Å². The van der Waals surface area contributed by atoms with Crippen LogP contribution in [0.4, 0.5) is 0 Å². The van der Waals surface area contributed by atoms with Crippen LogP contribution in [0.5, 0.6) is 0 Å². The zero-order valence-corrected chi connectivity index (χ0v) is 9.84. The van der Waals surface area contributed by atoms with Crippen molar-refractivity contribution in [1.29, 1.82) is 0 Å². The highest BCUT2D eigenvalue weighted by Gasteiger charge is 2.09. The van der Waals surface area contributed by atoms with E-state index in [1.807, 2.05) is 6.92 Å². The Morgan fingerprint density at radius 2 is 2.31 bits per heavy atom. The summed E-state index contributed by atoms with van der Waals surface area (Å²) in [6, 6.07) is 0. The highest BCUT2D eigenvalue weighted by Crippen LogP contribution is 2.09. The molecule has 1 aromatic heterocycles. The van der Waals surface area contributed by atoms with Gasteiger partial charge in [0.2, 0.25) is 5.91 Å². The van der Waals surface area contributed by atoms with Gasteiger partial charge < -0.3 is 10.4 Å². The van der Waals surface area contributed by atoms with Crippen molar-refractivity contribution in [2.75, 3.05) is 0 Å². The van der Waals surface area contributed by atoms with Crippen molar-refractivity contribution >= 4 is 23.2 Å². The molecular formula is C10H14N2O3S. The van der Waals surface area contributed by atoms with E-state index in [2.05, 4.69) is 10.3 Å². The van der Waals surface area contributed by atoms with Crippen LogP contribution in [-0.4, -0.2) is 22.0 Å². The Balaban J connectivity index is 2.36. The summed E-state index contributed by atoms with van der Waals surface area (Å²) in [6.45, 7) is 2.33. The highest BCUT2D eigenvalue weighted by molar-refractivity contribution is 7.09. The van der Waals surface area contributed by atoms with E-state index in [9.17, 15) is 9.59 Å². The number of unbranched alkanes of at least 4 members (excludes halogenated alkanes) is 1. The minimum Gasteiger partial charge on any atom is -0.476 e. The maximum absolute atomic E-state index is 11.3. The molecule has 0 aromatic carbocycles. The first-order chi connectivity index (χ1) is 7.63. The molecule has 6 heteroatoms. The molecule has 0 bridgehead atoms. The number of aromatic nitrogens is 1. The molecule has 5 nitrogen and oxygen atoms in total. The first-order valence-corrected chi connectivity index (χ1v) is 5.95. The number of hydrogen-bond acceptors (Lipinski definition) is 4. The van der Waals surface area contributed by atoms with Gasteiger partial charge in [0, 0.05) is 11.8 Å². The molecule has 1 aromatic rings. The van der Waals surface area contributed by atoms with Crippen LogP contribution in [-0.2, 0) is 11.3 Å². The van der Waals surface area contributed by atoms with Gasteiger partial charge in [-0.15, -0.1) is 11.3 Å². The Morgan fingerprint density at radius 3 is 2.88 bits per heavy atom. The van der Waals surface area contributed by atoms with Crippen LogP contribution in [0, 0.1) is 0 Å². The number of carboxylic acids is 1. The number of aromatic carboxylic acids is 1. The molecule has 0 saturated carbocycles. The molecular weight excluding hydrogens is 228 g/mol. The van der Waals surface area contributed by atoms with Gasteiger partial charge in [-0.2, -0.15) is 0 Å². The number of amides is 1. The van der Waals surface area contributed by atoms with Gasteiger partial charge in [0.05, 0.1) is 6.54 Å². The predicted molar refractivity (Wildman–Crippen MR) is 60.4 cm³/mol. The first kappa shape index (κ1) is 12.6. The second-order valence-electron chi connectivity index (χ2n) is 3.31. The molecule has 1 rings (SSSR count). The van der Waals surface area contributed by atoms with Gasteiger partial charge in [0.25, 0.3) is 0 Å². The van der Waals surface area contributed by atoms with Crippen molar-refractivity contribution in [3.8, 4) is 0 Å². The second-order valence-corrected chi connectivity index (χ2v) is 4.25. The van der Waals surface area contributed by atoms with E-state index in [4.69, 9.17) is 5.11 Å². The number of carbonyl (C=O) groups is 2. The van der Waals surface area contributed by atoms with E-state index >= 15 is 0 Å². The molecule has 1 heterocycles. The van der Waals surface area contributed by atoms with E-state index < -0.39 is 5.97 Å². The van der Waals surface area contributed by atoms with Gasteiger partial charge in [0.1, 0.15) is 5.01 Å². The van der Waals surface area contributed by atoms with Gasteiger partial charge in [-0.1, -0.05) is 13.3 Å². The Labute approximate surface area is 97.5 Å². The maximum Gasteiger partial charge on any atom is 0.355 e. The lowest BCUT2D eigenvalue weighted by Gasteiger charge is -2.01. The number of nitrogens with one attached hydrogen (secondary N) is 1. The Bertz CT molecular complexity index is 376. The van der Waals surface area contributed by atoms with Crippen molar-refractivity contribution < 1.29 is 14.7 Å². The summed E-state index contributed by atoms with van der Waals surface area (Å²) in [5.41, 5.74) is 0.0304. The van der Waals surface area contributed by atoms with E-state index in [0.717, 1.165) is 12.8 Å². The van der Waals surface area contributed by atoms with E-state index in [1.54, 1.807) is 0 Å². The number of nitrogens with zero attached hydrogens (tertiary/aromatic N) is 1. The largest absolute Gasteiger partial charge is 0.476 e. The molecule has 0 spiro atoms. The van der Waals surface area contributed by atoms with Gasteiger partial charge in [-0.25, -0.2) is 9.78 Å². The summed E-state index contributed by atoms with van der Waals surface area (Å²) in [7, 11) is 0. The fraction of sp³-hybridized carbons (Fsp3) is 0.500. The van der Waals surface area contributed by atoms with Crippen LogP contribution >= 0.6 is 11.3 Å². The van der Waals surface area contributed by atoms with Gasteiger partial charge >= 0.3 is 5.97 Å². The zero-order valence-electron chi connectivity index (χ0n) is 9.02. The standard InChI is InChI=1S/C10H14N2O3S/c1-2-3-4-8(13)11-5-9-12-7(6-16-9)10(14)15/h6H,2-5H2,1H3,(H,11,13)(H,14,15). The summed E-state index contributed by atoms with van der Waals surface area (Å²) in [6.07, 6.45) is 2.35. The van der Waals surface area contributed by atoms with Crippen LogP contribution in [0.3, 0.4) is 0 Å². The summed E-state index contributed by atoms with van der Waals surface area (Å²) in [4.78, 5) is 25.7. The van der Waals surface area contributed by atoms with Crippen molar-refractivity contribution in [2.45, 2.75) is 32.7 Å². The third-order valence-electron chi connectivity index (χ3n) is 1.97. The molecule has 0 aliphatic heterocycles. The predicted octanol–water partition coefficient (Wildman–Crippen LogP) is 1.65. The molecule has 2 N–H and O–H groups in total. The minimum absolute atomic E-state index is 0.0195. The van der Waals surface area contributed by atoms with E-state index in [-0.39, 0.29) is 11.6 Å². The number of carbonyl (C=O) groups excluding carboxylic acids is 1. The molecule has 0 aliphatic carbocycles. The SMILES string of the molecule is CCCCC(=O)NCc1nc(C(=O)O)cs1. The summed E-state index contributed by atoms with van der Waals surface area (Å²) in [5.74, 6) is -1.06. The third kappa shape index (κ3) is 3.98. The average molecular weight is 242 g/mol. The number of hydrogen-bond donors (Lipinski definition) is 2. The van der Waals surface area contributed by atoms with E-state index in [1.165, 1.54) is 16.7 Å². The highest BCUT2D eigenvalue weighted by atomic mass is 32.1. The molecule has 0 atom stereocenters. The van der Waals surface area contributed by atoms with Crippen LogP contribution in [0.1, 0.15) is 41.7 Å². The number of thiazole rings is 1. The topological polar surface area (TPSA) is 79.3 Å². The molecule has 0 radical (unpaired) electrons. The molecule has 0 aliphatic rings. The number of rotatable bonds is 6. The van der Waals surface area contributed by atoms with Crippen molar-refractivity contribution in [1.82, 2.24) is 10.3 Å². The van der Waals surface area contributed by atoms with Crippen LogP contribution in [0.15, 0.2) is 5.38 Å². The van der Waals surface area contributed by atoms with Gasteiger partial charge in [-0.3, -0.25) is 4.79 Å².